The zero-order chi connectivity index (χ0) is 18.1. The molecule has 1 aromatic heterocycles. The van der Waals surface area contributed by atoms with Gasteiger partial charge in [0.05, 0.1) is 0 Å². The average Bonchev–Trinajstić information content (AvgIpc) is 2.44. The molecule has 128 valence electrons. The van der Waals surface area contributed by atoms with E-state index in [1.165, 1.54) is 6.20 Å². The number of hydrogen-bond donors (Lipinski definition) is 1. The summed E-state index contributed by atoms with van der Waals surface area (Å²) in [6, 6.07) is 5.10. The summed E-state index contributed by atoms with van der Waals surface area (Å²) >= 11 is 9.50. The van der Waals surface area contributed by atoms with Crippen LogP contribution in [0.1, 0.15) is 26.3 Å². The largest absolute Gasteiger partial charge is 0.464 e. The van der Waals surface area contributed by atoms with Crippen LogP contribution in [0.5, 0.6) is 0 Å². The van der Waals surface area contributed by atoms with Gasteiger partial charge in [-0.25, -0.2) is 14.6 Å². The van der Waals surface area contributed by atoms with E-state index < -0.39 is 17.8 Å². The van der Waals surface area contributed by atoms with E-state index in [1.807, 2.05) is 0 Å². The first-order chi connectivity index (χ1) is 11.1. The van der Waals surface area contributed by atoms with Crippen molar-refractivity contribution in [2.75, 3.05) is 4.90 Å². The summed E-state index contributed by atoms with van der Waals surface area (Å²) in [5.41, 5.74) is -0.0763. The number of amides is 2. The number of carboxylic acid groups (broad SMARTS) is 1. The van der Waals surface area contributed by atoms with Gasteiger partial charge in [0.2, 0.25) is 0 Å². The molecule has 0 aliphatic carbocycles. The van der Waals surface area contributed by atoms with Crippen LogP contribution in [0, 0.1) is 0 Å². The molecule has 0 aliphatic heterocycles. The maximum atomic E-state index is 12.3. The summed E-state index contributed by atoms with van der Waals surface area (Å²) in [4.78, 5) is 28.5. The molecular weight excluding hydrogens is 400 g/mol. The second-order valence-electron chi connectivity index (χ2n) is 6.03. The lowest BCUT2D eigenvalue weighted by Gasteiger charge is -2.24. The molecular formula is C16H16BrClN2O4. The smallest absolute Gasteiger partial charge is 0.425 e. The predicted molar refractivity (Wildman–Crippen MR) is 96.1 cm³/mol. The molecule has 2 aromatic rings. The topological polar surface area (TPSA) is 79.7 Å². The predicted octanol–water partition coefficient (Wildman–Crippen LogP) is 5.20. The monoisotopic (exact) mass is 414 g/mol. The lowest BCUT2D eigenvalue weighted by atomic mass is 10.1. The van der Waals surface area contributed by atoms with E-state index in [1.54, 1.807) is 39.0 Å². The third-order valence-corrected chi connectivity index (χ3v) is 3.99. The van der Waals surface area contributed by atoms with Crippen molar-refractivity contribution < 1.29 is 19.4 Å². The van der Waals surface area contributed by atoms with Crippen LogP contribution in [0.15, 0.2) is 24.4 Å². The summed E-state index contributed by atoms with van der Waals surface area (Å²) in [5, 5.41) is 11.7. The van der Waals surface area contributed by atoms with Crippen molar-refractivity contribution in [1.82, 2.24) is 4.98 Å². The van der Waals surface area contributed by atoms with Gasteiger partial charge < -0.3 is 9.84 Å². The first-order valence-corrected chi connectivity index (χ1v) is 8.53. The molecule has 0 fully saturated rings. The van der Waals surface area contributed by atoms with Crippen molar-refractivity contribution in [2.45, 2.75) is 31.7 Å². The molecule has 6 nitrogen and oxygen atoms in total. The van der Waals surface area contributed by atoms with Crippen molar-refractivity contribution in [1.29, 1.82) is 0 Å². The van der Waals surface area contributed by atoms with Gasteiger partial charge in [-0.3, -0.25) is 0 Å². The zero-order valence-electron chi connectivity index (χ0n) is 13.3. The highest BCUT2D eigenvalue weighted by Crippen LogP contribution is 2.31. The third kappa shape index (κ3) is 3.96. The summed E-state index contributed by atoms with van der Waals surface area (Å²) in [7, 11) is 0. The quantitative estimate of drug-likeness (QED) is 0.682. The SMILES string of the molecule is CC(C)(C)OC(=O)N(C(=O)O)c1nccc2cc(Cl)c(CBr)cc12. The van der Waals surface area contributed by atoms with Crippen LogP contribution < -0.4 is 4.90 Å². The van der Waals surface area contributed by atoms with Gasteiger partial charge in [-0.15, -0.1) is 0 Å². The number of ether oxygens (including phenoxy) is 1. The molecule has 0 radical (unpaired) electrons. The highest BCUT2D eigenvalue weighted by Gasteiger charge is 2.31. The van der Waals surface area contributed by atoms with Crippen molar-refractivity contribution >= 4 is 56.3 Å². The second-order valence-corrected chi connectivity index (χ2v) is 7.00. The normalized spacial score (nSPS) is 11.4. The molecule has 0 atom stereocenters. The Morgan fingerprint density at radius 3 is 2.58 bits per heavy atom. The molecule has 0 unspecified atom stereocenters. The molecule has 0 spiro atoms. The van der Waals surface area contributed by atoms with Gasteiger partial charge in [0.1, 0.15) is 5.60 Å². The summed E-state index contributed by atoms with van der Waals surface area (Å²) in [6.07, 6.45) is -1.06. The summed E-state index contributed by atoms with van der Waals surface area (Å²) < 4.78 is 5.18. The number of benzene rings is 1. The Hall–Kier alpha value is -1.86. The molecule has 2 amide bonds. The number of carbonyl (C=O) groups is 2. The Morgan fingerprint density at radius 1 is 1.38 bits per heavy atom. The van der Waals surface area contributed by atoms with Crippen LogP contribution in [0.2, 0.25) is 5.02 Å². The highest BCUT2D eigenvalue weighted by atomic mass is 79.9. The lowest BCUT2D eigenvalue weighted by molar-refractivity contribution is 0.0581. The van der Waals surface area contributed by atoms with Crippen LogP contribution in [-0.4, -0.2) is 27.9 Å². The molecule has 0 bridgehead atoms. The molecule has 24 heavy (non-hydrogen) atoms. The molecule has 0 saturated carbocycles. The number of aromatic nitrogens is 1. The maximum Gasteiger partial charge on any atom is 0.425 e. The molecule has 1 aromatic carbocycles. The van der Waals surface area contributed by atoms with Crippen molar-refractivity contribution in [2.24, 2.45) is 0 Å². The van der Waals surface area contributed by atoms with Gasteiger partial charge in [-0.2, -0.15) is 4.90 Å². The van der Waals surface area contributed by atoms with E-state index >= 15 is 0 Å². The standard InChI is InChI=1S/C16H16BrClN2O4/c1-16(2,3)24-15(23)20(14(21)22)13-11-6-10(8-17)12(18)7-9(11)4-5-19-13/h4-7H,8H2,1-3H3,(H,21,22). The van der Waals surface area contributed by atoms with Crippen molar-refractivity contribution in [3.8, 4) is 0 Å². The minimum atomic E-state index is -1.47. The molecule has 0 aliphatic rings. The Kier molecular flexibility index (Phi) is 5.35. The Morgan fingerprint density at radius 2 is 2.04 bits per heavy atom. The number of rotatable bonds is 2. The van der Waals surface area contributed by atoms with Gasteiger partial charge >= 0.3 is 12.2 Å². The number of alkyl halides is 1. The number of anilines is 1. The van der Waals surface area contributed by atoms with E-state index in [4.69, 9.17) is 16.3 Å². The van der Waals surface area contributed by atoms with Crippen LogP contribution in [0.4, 0.5) is 15.4 Å². The lowest BCUT2D eigenvalue weighted by Crippen LogP contribution is -2.40. The van der Waals surface area contributed by atoms with Crippen LogP contribution in [-0.2, 0) is 10.1 Å². The maximum absolute atomic E-state index is 12.3. The number of hydrogen-bond acceptors (Lipinski definition) is 4. The van der Waals surface area contributed by atoms with Gasteiger partial charge in [0.25, 0.3) is 0 Å². The molecule has 8 heteroatoms. The minimum absolute atomic E-state index is 0.0203. The fourth-order valence-corrected chi connectivity index (χ4v) is 2.93. The Labute approximate surface area is 152 Å². The number of halogens is 2. The first kappa shape index (κ1) is 18.5. The summed E-state index contributed by atoms with van der Waals surface area (Å²) in [6.45, 7) is 4.97. The van der Waals surface area contributed by atoms with Crippen molar-refractivity contribution in [3.63, 3.8) is 0 Å². The van der Waals surface area contributed by atoms with Crippen LogP contribution >= 0.6 is 27.5 Å². The second kappa shape index (κ2) is 6.94. The summed E-state index contributed by atoms with van der Waals surface area (Å²) in [5.74, 6) is -0.0203. The molecule has 1 heterocycles. The van der Waals surface area contributed by atoms with E-state index in [0.29, 0.717) is 26.0 Å². The van der Waals surface area contributed by atoms with Crippen molar-refractivity contribution in [3.05, 3.63) is 35.0 Å². The van der Waals surface area contributed by atoms with Gasteiger partial charge in [-0.1, -0.05) is 27.5 Å². The van der Waals surface area contributed by atoms with Gasteiger partial charge in [-0.05, 0) is 49.9 Å². The van der Waals surface area contributed by atoms with E-state index in [-0.39, 0.29) is 5.82 Å². The molecule has 2 rings (SSSR count). The van der Waals surface area contributed by atoms with E-state index in [9.17, 15) is 14.7 Å². The third-order valence-electron chi connectivity index (χ3n) is 3.03. The number of imide groups is 1. The van der Waals surface area contributed by atoms with Crippen LogP contribution in [0.25, 0.3) is 10.8 Å². The Balaban J connectivity index is 2.62. The molecule has 1 N–H and O–H groups in total. The highest BCUT2D eigenvalue weighted by molar-refractivity contribution is 9.08. The zero-order valence-corrected chi connectivity index (χ0v) is 15.7. The number of pyridine rings is 1. The van der Waals surface area contributed by atoms with Gasteiger partial charge in [0.15, 0.2) is 5.82 Å². The number of fused-ring (bicyclic) bond motifs is 1. The fourth-order valence-electron chi connectivity index (χ4n) is 2.07. The van der Waals surface area contributed by atoms with E-state index in [0.717, 1.165) is 5.56 Å². The van der Waals surface area contributed by atoms with Gasteiger partial charge in [0, 0.05) is 21.9 Å². The number of carbonyl (C=O) groups excluding carboxylic acids is 1. The Bertz CT molecular complexity index is 804. The number of nitrogens with zero attached hydrogens (tertiary/aromatic N) is 2. The fraction of sp³-hybridized carbons (Fsp3) is 0.312. The van der Waals surface area contributed by atoms with Crippen LogP contribution in [0.3, 0.4) is 0 Å². The average molecular weight is 416 g/mol. The minimum Gasteiger partial charge on any atom is -0.464 e. The molecule has 0 saturated heterocycles. The first-order valence-electron chi connectivity index (χ1n) is 7.03. The van der Waals surface area contributed by atoms with E-state index in [2.05, 4.69) is 20.9 Å².